The molecule has 1 atom stereocenters. The van der Waals surface area contributed by atoms with E-state index < -0.39 is 0 Å². The minimum absolute atomic E-state index is 0.123. The van der Waals surface area contributed by atoms with Crippen LogP contribution in [0.25, 0.3) is 0 Å². The molecule has 3 rings (SSSR count). The number of hydrogen-bond acceptors (Lipinski definition) is 4. The third-order valence-electron chi connectivity index (χ3n) is 3.54. The van der Waals surface area contributed by atoms with Crippen LogP contribution in [0.1, 0.15) is 23.1 Å². The van der Waals surface area contributed by atoms with Crippen molar-refractivity contribution < 1.29 is 4.42 Å². The van der Waals surface area contributed by atoms with Gasteiger partial charge < -0.3 is 9.73 Å². The maximum absolute atomic E-state index is 5.63. The molecule has 0 saturated carbocycles. The molecule has 1 unspecified atom stereocenters. The quantitative estimate of drug-likeness (QED) is 0.913. The highest BCUT2D eigenvalue weighted by atomic mass is 16.3. The van der Waals surface area contributed by atoms with E-state index in [1.165, 1.54) is 5.56 Å². The van der Waals surface area contributed by atoms with Gasteiger partial charge in [-0.05, 0) is 30.7 Å². The summed E-state index contributed by atoms with van der Waals surface area (Å²) in [5, 5.41) is 3.38. The molecule has 0 spiro atoms. The monoisotopic (exact) mass is 257 g/mol. The Kier molecular flexibility index (Phi) is 3.62. The van der Waals surface area contributed by atoms with Gasteiger partial charge in [0.05, 0.1) is 12.0 Å². The molecule has 1 saturated heterocycles. The molecule has 4 nitrogen and oxygen atoms in total. The molecule has 0 aromatic carbocycles. The zero-order chi connectivity index (χ0) is 13.1. The van der Waals surface area contributed by atoms with Crippen LogP contribution in [0.2, 0.25) is 0 Å². The van der Waals surface area contributed by atoms with Crippen molar-refractivity contribution in [2.45, 2.75) is 13.0 Å². The first-order chi connectivity index (χ1) is 9.34. The van der Waals surface area contributed by atoms with Gasteiger partial charge in [-0.2, -0.15) is 0 Å². The average Bonchev–Trinajstić information content (AvgIpc) is 2.96. The van der Waals surface area contributed by atoms with Gasteiger partial charge in [0, 0.05) is 32.4 Å². The van der Waals surface area contributed by atoms with Crippen molar-refractivity contribution in [1.29, 1.82) is 0 Å². The van der Waals surface area contributed by atoms with Crippen molar-refractivity contribution in [3.63, 3.8) is 0 Å². The highest BCUT2D eigenvalue weighted by Gasteiger charge is 2.26. The molecule has 1 fully saturated rings. The van der Waals surface area contributed by atoms with Crippen LogP contribution in [0.5, 0.6) is 0 Å². The van der Waals surface area contributed by atoms with Gasteiger partial charge in [-0.1, -0.05) is 6.07 Å². The molecule has 0 radical (unpaired) electrons. The lowest BCUT2D eigenvalue weighted by atomic mass is 10.1. The lowest BCUT2D eigenvalue weighted by Gasteiger charge is -2.33. The Hall–Kier alpha value is -1.65. The highest BCUT2D eigenvalue weighted by Crippen LogP contribution is 2.27. The number of hydrogen-bond donors (Lipinski definition) is 1. The molecule has 1 aliphatic heterocycles. The predicted octanol–water partition coefficient (Wildman–Crippen LogP) is 1.98. The second-order valence-electron chi connectivity index (χ2n) is 4.96. The average molecular weight is 257 g/mol. The summed E-state index contributed by atoms with van der Waals surface area (Å²) in [5.74, 6) is 0.971. The van der Waals surface area contributed by atoms with Crippen molar-refractivity contribution >= 4 is 0 Å². The van der Waals surface area contributed by atoms with Gasteiger partial charge in [-0.3, -0.25) is 9.88 Å². The van der Waals surface area contributed by atoms with Crippen molar-refractivity contribution in [1.82, 2.24) is 15.2 Å². The van der Waals surface area contributed by atoms with Gasteiger partial charge in [0.15, 0.2) is 0 Å². The lowest BCUT2D eigenvalue weighted by Crippen LogP contribution is -2.45. The smallest absolute Gasteiger partial charge is 0.127 e. The van der Waals surface area contributed by atoms with Crippen molar-refractivity contribution in [3.8, 4) is 0 Å². The van der Waals surface area contributed by atoms with E-state index in [1.807, 2.05) is 18.3 Å². The SMILES string of the molecule is Cc1ccc(C(c2ccco2)N2CCNCC2)nc1. The maximum Gasteiger partial charge on any atom is 0.127 e. The molecule has 1 aliphatic rings. The first-order valence-corrected chi connectivity index (χ1v) is 6.75. The van der Waals surface area contributed by atoms with E-state index in [9.17, 15) is 0 Å². The number of rotatable bonds is 3. The number of aromatic nitrogens is 1. The van der Waals surface area contributed by atoms with Gasteiger partial charge in [0.2, 0.25) is 0 Å². The van der Waals surface area contributed by atoms with Crippen LogP contribution in [0.3, 0.4) is 0 Å². The van der Waals surface area contributed by atoms with Gasteiger partial charge in [-0.15, -0.1) is 0 Å². The van der Waals surface area contributed by atoms with E-state index in [0.717, 1.165) is 37.6 Å². The summed E-state index contributed by atoms with van der Waals surface area (Å²) < 4.78 is 5.63. The van der Waals surface area contributed by atoms with Gasteiger partial charge >= 0.3 is 0 Å². The molecule has 19 heavy (non-hydrogen) atoms. The van der Waals surface area contributed by atoms with Crippen LogP contribution < -0.4 is 5.32 Å². The van der Waals surface area contributed by atoms with Gasteiger partial charge in [-0.25, -0.2) is 0 Å². The molecule has 2 aromatic rings. The fourth-order valence-corrected chi connectivity index (χ4v) is 2.54. The van der Waals surface area contributed by atoms with E-state index in [4.69, 9.17) is 4.42 Å². The van der Waals surface area contributed by atoms with Crippen molar-refractivity contribution in [2.24, 2.45) is 0 Å². The van der Waals surface area contributed by atoms with Gasteiger partial charge in [0.1, 0.15) is 11.8 Å². The minimum atomic E-state index is 0.123. The molecule has 0 amide bonds. The van der Waals surface area contributed by atoms with E-state index in [0.29, 0.717) is 0 Å². The van der Waals surface area contributed by atoms with Gasteiger partial charge in [0.25, 0.3) is 0 Å². The van der Waals surface area contributed by atoms with Crippen LogP contribution >= 0.6 is 0 Å². The normalized spacial score (nSPS) is 18.4. The van der Waals surface area contributed by atoms with Crippen LogP contribution in [-0.4, -0.2) is 36.1 Å². The maximum atomic E-state index is 5.63. The second-order valence-corrected chi connectivity index (χ2v) is 4.96. The third kappa shape index (κ3) is 2.69. The number of piperazine rings is 1. The molecule has 2 aromatic heterocycles. The summed E-state index contributed by atoms with van der Waals surface area (Å²) >= 11 is 0. The lowest BCUT2D eigenvalue weighted by molar-refractivity contribution is 0.177. The molecule has 100 valence electrons. The van der Waals surface area contributed by atoms with Crippen LogP contribution in [0.15, 0.2) is 41.1 Å². The summed E-state index contributed by atoms with van der Waals surface area (Å²) in [6, 6.07) is 8.32. The molecule has 4 heteroatoms. The Morgan fingerprint density at radius 2 is 2.11 bits per heavy atom. The first kappa shape index (κ1) is 12.4. The Morgan fingerprint density at radius 1 is 1.26 bits per heavy atom. The Bertz CT molecular complexity index is 501. The molecular formula is C15H19N3O. The Balaban J connectivity index is 1.93. The largest absolute Gasteiger partial charge is 0.467 e. The van der Waals surface area contributed by atoms with E-state index >= 15 is 0 Å². The number of furan rings is 1. The fraction of sp³-hybridized carbons (Fsp3) is 0.400. The van der Waals surface area contributed by atoms with Crippen LogP contribution in [-0.2, 0) is 0 Å². The molecular weight excluding hydrogens is 238 g/mol. The van der Waals surface area contributed by atoms with Crippen molar-refractivity contribution in [2.75, 3.05) is 26.2 Å². The van der Waals surface area contributed by atoms with E-state index in [-0.39, 0.29) is 6.04 Å². The fourth-order valence-electron chi connectivity index (χ4n) is 2.54. The summed E-state index contributed by atoms with van der Waals surface area (Å²) in [4.78, 5) is 7.01. The Morgan fingerprint density at radius 3 is 2.74 bits per heavy atom. The van der Waals surface area contributed by atoms with E-state index in [2.05, 4.69) is 34.3 Å². The topological polar surface area (TPSA) is 41.3 Å². The van der Waals surface area contributed by atoms with E-state index in [1.54, 1.807) is 6.26 Å². The summed E-state index contributed by atoms with van der Waals surface area (Å²) in [7, 11) is 0. The predicted molar refractivity (Wildman–Crippen MR) is 74.0 cm³/mol. The molecule has 0 bridgehead atoms. The standard InChI is InChI=1S/C15H19N3O/c1-12-4-5-13(17-11-12)15(14-3-2-10-19-14)18-8-6-16-7-9-18/h2-5,10-11,15-16H,6-9H2,1H3. The minimum Gasteiger partial charge on any atom is -0.467 e. The van der Waals surface area contributed by atoms with Crippen LogP contribution in [0, 0.1) is 6.92 Å². The summed E-state index contributed by atoms with van der Waals surface area (Å²) in [6.45, 7) is 6.12. The number of aryl methyl sites for hydroxylation is 1. The zero-order valence-electron chi connectivity index (χ0n) is 11.2. The van der Waals surface area contributed by atoms with Crippen molar-refractivity contribution in [3.05, 3.63) is 53.7 Å². The number of pyridine rings is 1. The summed E-state index contributed by atoms with van der Waals surface area (Å²) in [6.07, 6.45) is 3.66. The third-order valence-corrected chi connectivity index (χ3v) is 3.54. The Labute approximate surface area is 113 Å². The highest BCUT2D eigenvalue weighted by molar-refractivity contribution is 5.23. The zero-order valence-corrected chi connectivity index (χ0v) is 11.2. The number of nitrogens with one attached hydrogen (secondary N) is 1. The second kappa shape index (κ2) is 5.55. The number of nitrogens with zero attached hydrogens (tertiary/aromatic N) is 2. The molecule has 3 heterocycles. The van der Waals surface area contributed by atoms with Crippen LogP contribution in [0.4, 0.5) is 0 Å². The molecule has 0 aliphatic carbocycles. The summed E-state index contributed by atoms with van der Waals surface area (Å²) in [5.41, 5.74) is 2.24. The first-order valence-electron chi connectivity index (χ1n) is 6.75. The molecule has 1 N–H and O–H groups in total.